The van der Waals surface area contributed by atoms with Gasteiger partial charge >= 0.3 is 0 Å². The van der Waals surface area contributed by atoms with E-state index in [0.717, 1.165) is 25.0 Å². The largest absolute Gasteiger partial charge is 0.481 e. The molecule has 2 rings (SSSR count). The molecule has 1 saturated heterocycles. The van der Waals surface area contributed by atoms with E-state index in [0.29, 0.717) is 13.1 Å². The van der Waals surface area contributed by atoms with Gasteiger partial charge in [-0.25, -0.2) is 8.78 Å². The predicted octanol–water partition coefficient (Wildman–Crippen LogP) is 1.55. The van der Waals surface area contributed by atoms with Crippen LogP contribution in [0.5, 0.6) is 5.75 Å². The van der Waals surface area contributed by atoms with Gasteiger partial charge in [-0.2, -0.15) is 0 Å². The summed E-state index contributed by atoms with van der Waals surface area (Å²) in [6.45, 7) is 1.08. The van der Waals surface area contributed by atoms with E-state index >= 15 is 0 Å². The zero-order valence-corrected chi connectivity index (χ0v) is 11.4. The van der Waals surface area contributed by atoms with Crippen molar-refractivity contribution in [3.63, 3.8) is 0 Å². The van der Waals surface area contributed by atoms with Gasteiger partial charge in [0.15, 0.2) is 18.2 Å². The molecule has 1 N–H and O–H groups in total. The predicted molar refractivity (Wildman–Crippen MR) is 70.5 cm³/mol. The van der Waals surface area contributed by atoms with Gasteiger partial charge in [0.2, 0.25) is 0 Å². The highest BCUT2D eigenvalue weighted by atomic mass is 19.1. The van der Waals surface area contributed by atoms with Gasteiger partial charge in [-0.15, -0.1) is 0 Å². The third kappa shape index (κ3) is 3.66. The number of hydrogen-bond acceptors (Lipinski definition) is 3. The second-order valence-corrected chi connectivity index (χ2v) is 4.83. The molecular formula is C14H18F2N2O2. The maximum Gasteiger partial charge on any atom is 0.260 e. The fraction of sp³-hybridized carbons (Fsp3) is 0.500. The SMILES string of the molecule is CN[C@@H]1CCCN(C(=O)COc2ccc(F)cc2F)C1. The van der Waals surface area contributed by atoms with Gasteiger partial charge in [0.1, 0.15) is 5.82 Å². The van der Waals surface area contributed by atoms with E-state index in [1.165, 1.54) is 6.07 Å². The van der Waals surface area contributed by atoms with Crippen LogP contribution in [0.1, 0.15) is 12.8 Å². The minimum Gasteiger partial charge on any atom is -0.481 e. The first-order chi connectivity index (χ1) is 9.60. The Labute approximate surface area is 116 Å². The van der Waals surface area contributed by atoms with E-state index in [-0.39, 0.29) is 24.3 Å². The molecule has 1 fully saturated rings. The van der Waals surface area contributed by atoms with Gasteiger partial charge in [0.25, 0.3) is 5.91 Å². The van der Waals surface area contributed by atoms with E-state index < -0.39 is 11.6 Å². The highest BCUT2D eigenvalue weighted by Crippen LogP contribution is 2.18. The molecule has 1 heterocycles. The van der Waals surface area contributed by atoms with Crippen LogP contribution in [0.4, 0.5) is 8.78 Å². The number of ether oxygens (including phenoxy) is 1. The Bertz CT molecular complexity index is 482. The quantitative estimate of drug-likeness (QED) is 0.912. The van der Waals surface area contributed by atoms with E-state index in [2.05, 4.69) is 5.32 Å². The molecule has 1 aliphatic heterocycles. The second-order valence-electron chi connectivity index (χ2n) is 4.83. The number of amides is 1. The Balaban J connectivity index is 1.88. The number of nitrogens with zero attached hydrogens (tertiary/aromatic N) is 1. The first-order valence-corrected chi connectivity index (χ1v) is 6.63. The Kier molecular flexibility index (Phi) is 4.89. The molecule has 0 unspecified atom stereocenters. The average molecular weight is 284 g/mol. The van der Waals surface area contributed by atoms with Gasteiger partial charge in [0.05, 0.1) is 0 Å². The fourth-order valence-corrected chi connectivity index (χ4v) is 2.26. The lowest BCUT2D eigenvalue weighted by Gasteiger charge is -2.32. The summed E-state index contributed by atoms with van der Waals surface area (Å²) in [5.74, 6) is -1.77. The van der Waals surface area contributed by atoms with Crippen molar-refractivity contribution in [3.8, 4) is 5.75 Å². The number of hydrogen-bond donors (Lipinski definition) is 1. The molecule has 0 bridgehead atoms. The summed E-state index contributed by atoms with van der Waals surface area (Å²) in [6.07, 6.45) is 1.97. The van der Waals surface area contributed by atoms with E-state index in [9.17, 15) is 13.6 Å². The summed E-state index contributed by atoms with van der Waals surface area (Å²) in [5, 5.41) is 3.14. The summed E-state index contributed by atoms with van der Waals surface area (Å²) < 4.78 is 31.2. The van der Waals surface area contributed by atoms with Crippen molar-refractivity contribution in [3.05, 3.63) is 29.8 Å². The van der Waals surface area contributed by atoms with Crippen LogP contribution in [0.3, 0.4) is 0 Å². The highest BCUT2D eigenvalue weighted by molar-refractivity contribution is 5.77. The van der Waals surface area contributed by atoms with Crippen molar-refractivity contribution in [1.29, 1.82) is 0 Å². The number of likely N-dealkylation sites (N-methyl/N-ethyl adjacent to an activating group) is 1. The lowest BCUT2D eigenvalue weighted by Crippen LogP contribution is -2.48. The Morgan fingerprint density at radius 2 is 2.30 bits per heavy atom. The van der Waals surface area contributed by atoms with Crippen molar-refractivity contribution >= 4 is 5.91 Å². The van der Waals surface area contributed by atoms with Crippen molar-refractivity contribution in [2.75, 3.05) is 26.7 Å². The van der Waals surface area contributed by atoms with Gasteiger partial charge in [0, 0.05) is 25.2 Å². The topological polar surface area (TPSA) is 41.6 Å². The lowest BCUT2D eigenvalue weighted by atomic mass is 10.1. The number of benzene rings is 1. The normalized spacial score (nSPS) is 18.9. The van der Waals surface area contributed by atoms with Crippen LogP contribution in [0.2, 0.25) is 0 Å². The summed E-state index contributed by atoms with van der Waals surface area (Å²) in [4.78, 5) is 13.7. The lowest BCUT2D eigenvalue weighted by molar-refractivity contribution is -0.134. The first kappa shape index (κ1) is 14.7. The summed E-state index contributed by atoms with van der Waals surface area (Å²) in [6, 6.07) is 3.30. The van der Waals surface area contributed by atoms with Crippen LogP contribution in [0, 0.1) is 11.6 Å². The number of carbonyl (C=O) groups excluding carboxylic acids is 1. The maximum atomic E-state index is 13.4. The third-order valence-corrected chi connectivity index (χ3v) is 3.43. The Morgan fingerprint density at radius 3 is 3.00 bits per heavy atom. The average Bonchev–Trinajstić information content (AvgIpc) is 2.46. The molecular weight excluding hydrogens is 266 g/mol. The highest BCUT2D eigenvalue weighted by Gasteiger charge is 2.23. The van der Waals surface area contributed by atoms with Gasteiger partial charge in [-0.3, -0.25) is 4.79 Å². The van der Waals surface area contributed by atoms with Crippen molar-refractivity contribution in [1.82, 2.24) is 10.2 Å². The van der Waals surface area contributed by atoms with Crippen LogP contribution in [-0.4, -0.2) is 43.6 Å². The van der Waals surface area contributed by atoms with Crippen molar-refractivity contribution < 1.29 is 18.3 Å². The molecule has 1 aromatic carbocycles. The van der Waals surface area contributed by atoms with Gasteiger partial charge in [-0.1, -0.05) is 0 Å². The number of nitrogens with one attached hydrogen (secondary N) is 1. The number of likely N-dealkylation sites (tertiary alicyclic amines) is 1. The van der Waals surface area contributed by atoms with Gasteiger partial charge < -0.3 is 15.0 Å². The molecule has 1 aromatic rings. The zero-order chi connectivity index (χ0) is 14.5. The molecule has 0 aromatic heterocycles. The van der Waals surface area contributed by atoms with E-state index in [1.807, 2.05) is 7.05 Å². The van der Waals surface area contributed by atoms with E-state index in [1.54, 1.807) is 4.90 Å². The van der Waals surface area contributed by atoms with E-state index in [4.69, 9.17) is 4.74 Å². The van der Waals surface area contributed by atoms with Crippen molar-refractivity contribution in [2.45, 2.75) is 18.9 Å². The number of piperidine rings is 1. The van der Waals surface area contributed by atoms with Crippen LogP contribution >= 0.6 is 0 Å². The zero-order valence-electron chi connectivity index (χ0n) is 11.4. The standard InChI is InChI=1S/C14H18F2N2O2/c1-17-11-3-2-6-18(8-11)14(19)9-20-13-5-4-10(15)7-12(13)16/h4-5,7,11,17H,2-3,6,8-9H2,1H3/t11-/m1/s1. The Morgan fingerprint density at radius 1 is 1.50 bits per heavy atom. The van der Waals surface area contributed by atoms with Crippen LogP contribution in [-0.2, 0) is 4.79 Å². The second kappa shape index (κ2) is 6.65. The molecule has 110 valence electrons. The van der Waals surface area contributed by atoms with Crippen LogP contribution in [0.15, 0.2) is 18.2 Å². The van der Waals surface area contributed by atoms with Crippen LogP contribution < -0.4 is 10.1 Å². The molecule has 0 spiro atoms. The van der Waals surface area contributed by atoms with Crippen molar-refractivity contribution in [2.24, 2.45) is 0 Å². The molecule has 0 radical (unpaired) electrons. The minimum absolute atomic E-state index is 0.109. The molecule has 1 aliphatic rings. The summed E-state index contributed by atoms with van der Waals surface area (Å²) in [7, 11) is 1.86. The summed E-state index contributed by atoms with van der Waals surface area (Å²) >= 11 is 0. The number of carbonyl (C=O) groups is 1. The number of rotatable bonds is 4. The summed E-state index contributed by atoms with van der Waals surface area (Å²) in [5.41, 5.74) is 0. The third-order valence-electron chi connectivity index (χ3n) is 3.43. The Hall–Kier alpha value is -1.69. The molecule has 4 nitrogen and oxygen atoms in total. The first-order valence-electron chi connectivity index (χ1n) is 6.63. The van der Waals surface area contributed by atoms with Gasteiger partial charge in [-0.05, 0) is 32.0 Å². The minimum atomic E-state index is -0.801. The molecule has 1 amide bonds. The smallest absolute Gasteiger partial charge is 0.260 e. The molecule has 6 heteroatoms. The van der Waals surface area contributed by atoms with Crippen LogP contribution in [0.25, 0.3) is 0 Å². The maximum absolute atomic E-state index is 13.4. The number of halogens is 2. The molecule has 0 aliphatic carbocycles. The molecule has 0 saturated carbocycles. The molecule has 20 heavy (non-hydrogen) atoms. The monoisotopic (exact) mass is 284 g/mol. The molecule has 1 atom stereocenters. The fourth-order valence-electron chi connectivity index (χ4n) is 2.26.